The molecule has 0 radical (unpaired) electrons. The molecule has 0 amide bonds. The SMILES string of the molecule is Cc1sc(CNC(C)CCCC(C)C)cc1Br. The van der Waals surface area contributed by atoms with Gasteiger partial charge in [0.1, 0.15) is 0 Å². The van der Waals surface area contributed by atoms with Gasteiger partial charge in [-0.05, 0) is 48.2 Å². The summed E-state index contributed by atoms with van der Waals surface area (Å²) < 4.78 is 1.24. The maximum Gasteiger partial charge on any atom is 0.0314 e. The summed E-state index contributed by atoms with van der Waals surface area (Å²) in [5.41, 5.74) is 0. The number of hydrogen-bond acceptors (Lipinski definition) is 2. The molecule has 1 rings (SSSR count). The normalized spacial score (nSPS) is 13.3. The molecule has 1 heterocycles. The number of hydrogen-bond donors (Lipinski definition) is 1. The van der Waals surface area contributed by atoms with Crippen LogP contribution in [0, 0.1) is 12.8 Å². The van der Waals surface area contributed by atoms with Crippen molar-refractivity contribution in [1.29, 1.82) is 0 Å². The lowest BCUT2D eigenvalue weighted by atomic mass is 10.0. The standard InChI is InChI=1S/C14H24BrNS/c1-10(2)6-5-7-11(3)16-9-13-8-14(15)12(4)17-13/h8,10-11,16H,5-7,9H2,1-4H3. The Morgan fingerprint density at radius 3 is 2.53 bits per heavy atom. The van der Waals surface area contributed by atoms with Gasteiger partial charge in [0, 0.05) is 26.8 Å². The summed E-state index contributed by atoms with van der Waals surface area (Å²) >= 11 is 5.44. The first kappa shape index (κ1) is 15.2. The minimum atomic E-state index is 0.620. The molecule has 0 aromatic carbocycles. The average molecular weight is 318 g/mol. The summed E-state index contributed by atoms with van der Waals surface area (Å²) in [7, 11) is 0. The first-order valence-electron chi connectivity index (χ1n) is 6.47. The molecule has 1 nitrogen and oxygen atoms in total. The molecule has 1 atom stereocenters. The molecule has 0 saturated carbocycles. The van der Waals surface area contributed by atoms with E-state index in [9.17, 15) is 0 Å². The van der Waals surface area contributed by atoms with Crippen LogP contribution in [-0.4, -0.2) is 6.04 Å². The number of rotatable bonds is 7. The minimum Gasteiger partial charge on any atom is -0.309 e. The highest BCUT2D eigenvalue weighted by Crippen LogP contribution is 2.26. The molecule has 0 spiro atoms. The van der Waals surface area contributed by atoms with E-state index in [-0.39, 0.29) is 0 Å². The fourth-order valence-electron chi connectivity index (χ4n) is 1.81. The van der Waals surface area contributed by atoms with Crippen molar-refractivity contribution < 1.29 is 0 Å². The summed E-state index contributed by atoms with van der Waals surface area (Å²) in [6.45, 7) is 10.0. The fraction of sp³-hybridized carbons (Fsp3) is 0.714. The Hall–Kier alpha value is 0.140. The van der Waals surface area contributed by atoms with Gasteiger partial charge in [0.2, 0.25) is 0 Å². The second-order valence-corrected chi connectivity index (χ2v) is 7.42. The van der Waals surface area contributed by atoms with E-state index in [1.54, 1.807) is 0 Å². The lowest BCUT2D eigenvalue weighted by Crippen LogP contribution is -2.24. The van der Waals surface area contributed by atoms with Gasteiger partial charge in [-0.15, -0.1) is 11.3 Å². The van der Waals surface area contributed by atoms with Crippen molar-refractivity contribution in [3.63, 3.8) is 0 Å². The van der Waals surface area contributed by atoms with Crippen LogP contribution in [0.15, 0.2) is 10.5 Å². The van der Waals surface area contributed by atoms with Gasteiger partial charge in [0.05, 0.1) is 0 Å². The van der Waals surface area contributed by atoms with Gasteiger partial charge in [0.15, 0.2) is 0 Å². The van der Waals surface area contributed by atoms with E-state index < -0.39 is 0 Å². The van der Waals surface area contributed by atoms with Gasteiger partial charge in [0.25, 0.3) is 0 Å². The quantitative estimate of drug-likeness (QED) is 0.735. The summed E-state index contributed by atoms with van der Waals surface area (Å²) in [6.07, 6.45) is 3.96. The Kier molecular flexibility index (Phi) is 6.75. The van der Waals surface area contributed by atoms with E-state index in [2.05, 4.69) is 55.0 Å². The topological polar surface area (TPSA) is 12.0 Å². The van der Waals surface area contributed by atoms with E-state index in [0.717, 1.165) is 12.5 Å². The summed E-state index contributed by atoms with van der Waals surface area (Å²) in [6, 6.07) is 2.85. The highest BCUT2D eigenvalue weighted by atomic mass is 79.9. The molecule has 0 saturated heterocycles. The second-order valence-electron chi connectivity index (χ2n) is 5.22. The summed E-state index contributed by atoms with van der Waals surface area (Å²) in [5.74, 6) is 0.832. The summed E-state index contributed by atoms with van der Waals surface area (Å²) in [4.78, 5) is 2.79. The van der Waals surface area contributed by atoms with Crippen molar-refractivity contribution in [1.82, 2.24) is 5.32 Å². The van der Waals surface area contributed by atoms with Crippen LogP contribution < -0.4 is 5.32 Å². The molecule has 98 valence electrons. The molecule has 17 heavy (non-hydrogen) atoms. The Morgan fingerprint density at radius 2 is 2.00 bits per heavy atom. The largest absolute Gasteiger partial charge is 0.309 e. The van der Waals surface area contributed by atoms with Crippen LogP contribution in [0.4, 0.5) is 0 Å². The smallest absolute Gasteiger partial charge is 0.0314 e. The van der Waals surface area contributed by atoms with Gasteiger partial charge < -0.3 is 5.32 Å². The number of halogens is 1. The second kappa shape index (κ2) is 7.55. The van der Waals surface area contributed by atoms with Crippen LogP contribution >= 0.6 is 27.3 Å². The van der Waals surface area contributed by atoms with Crippen molar-refractivity contribution in [3.8, 4) is 0 Å². The number of aryl methyl sites for hydroxylation is 1. The average Bonchev–Trinajstić information content (AvgIpc) is 2.55. The lowest BCUT2D eigenvalue weighted by molar-refractivity contribution is 0.458. The first-order chi connectivity index (χ1) is 7.99. The van der Waals surface area contributed by atoms with Crippen LogP contribution in [0.3, 0.4) is 0 Å². The van der Waals surface area contributed by atoms with Gasteiger partial charge in [-0.1, -0.05) is 26.7 Å². The molecule has 0 fully saturated rings. The predicted molar refractivity (Wildman–Crippen MR) is 81.7 cm³/mol. The number of thiophene rings is 1. The van der Waals surface area contributed by atoms with E-state index in [4.69, 9.17) is 0 Å². The molecule has 1 unspecified atom stereocenters. The van der Waals surface area contributed by atoms with Crippen LogP contribution in [0.25, 0.3) is 0 Å². The van der Waals surface area contributed by atoms with Crippen LogP contribution in [0.1, 0.15) is 49.8 Å². The third-order valence-electron chi connectivity index (χ3n) is 2.95. The molecule has 3 heteroatoms. The summed E-state index contributed by atoms with van der Waals surface area (Å²) in [5, 5.41) is 3.60. The van der Waals surface area contributed by atoms with Crippen LogP contribution in [0.2, 0.25) is 0 Å². The van der Waals surface area contributed by atoms with E-state index in [0.29, 0.717) is 6.04 Å². The van der Waals surface area contributed by atoms with E-state index >= 15 is 0 Å². The van der Waals surface area contributed by atoms with Gasteiger partial charge in [-0.25, -0.2) is 0 Å². The van der Waals surface area contributed by atoms with Crippen molar-refractivity contribution in [2.45, 2.75) is 59.5 Å². The molecule has 0 aliphatic heterocycles. The maximum absolute atomic E-state index is 3.60. The zero-order valence-electron chi connectivity index (χ0n) is 11.3. The van der Waals surface area contributed by atoms with Gasteiger partial charge in [-0.2, -0.15) is 0 Å². The third-order valence-corrected chi connectivity index (χ3v) is 5.09. The molecule has 0 aliphatic rings. The van der Waals surface area contributed by atoms with Gasteiger partial charge >= 0.3 is 0 Å². The lowest BCUT2D eigenvalue weighted by Gasteiger charge is -2.13. The monoisotopic (exact) mass is 317 g/mol. The Labute approximate surface area is 118 Å². The third kappa shape index (κ3) is 6.03. The van der Waals surface area contributed by atoms with Crippen molar-refractivity contribution in [2.24, 2.45) is 5.92 Å². The molecular weight excluding hydrogens is 294 g/mol. The molecule has 0 bridgehead atoms. The minimum absolute atomic E-state index is 0.620. The molecule has 1 aromatic heterocycles. The van der Waals surface area contributed by atoms with Crippen molar-refractivity contribution in [2.75, 3.05) is 0 Å². The van der Waals surface area contributed by atoms with E-state index in [1.165, 1.54) is 33.5 Å². The number of nitrogens with one attached hydrogen (secondary N) is 1. The first-order valence-corrected chi connectivity index (χ1v) is 8.08. The Morgan fingerprint density at radius 1 is 1.29 bits per heavy atom. The van der Waals surface area contributed by atoms with E-state index in [1.807, 2.05) is 11.3 Å². The Bertz CT molecular complexity index is 313. The molecule has 1 N–H and O–H groups in total. The highest BCUT2D eigenvalue weighted by molar-refractivity contribution is 9.10. The van der Waals surface area contributed by atoms with Crippen molar-refractivity contribution >= 4 is 27.3 Å². The zero-order chi connectivity index (χ0) is 12.8. The fourth-order valence-corrected chi connectivity index (χ4v) is 3.37. The van der Waals surface area contributed by atoms with Crippen molar-refractivity contribution in [3.05, 3.63) is 20.3 Å². The van der Waals surface area contributed by atoms with Gasteiger partial charge in [-0.3, -0.25) is 0 Å². The van der Waals surface area contributed by atoms with Crippen LogP contribution in [0.5, 0.6) is 0 Å². The maximum atomic E-state index is 3.60. The Balaban J connectivity index is 2.21. The molecule has 1 aromatic rings. The highest BCUT2D eigenvalue weighted by Gasteiger charge is 2.05. The molecule has 0 aliphatic carbocycles. The molecular formula is C14H24BrNS. The predicted octanol–water partition coefficient (Wildman–Crippen LogP) is 5.12. The van der Waals surface area contributed by atoms with Crippen LogP contribution in [-0.2, 0) is 6.54 Å². The zero-order valence-corrected chi connectivity index (χ0v) is 13.7.